The number of H-pyrrole nitrogens is 1. The Bertz CT molecular complexity index is 366. The number of hydrogen-bond acceptors (Lipinski definition) is 4. The van der Waals surface area contributed by atoms with Crippen LogP contribution in [0.3, 0.4) is 0 Å². The smallest absolute Gasteiger partial charge is 0.314 e. The van der Waals surface area contributed by atoms with Gasteiger partial charge in [0.05, 0.1) is 0 Å². The first-order valence-corrected chi connectivity index (χ1v) is 5.60. The third kappa shape index (κ3) is 1.72. The summed E-state index contributed by atoms with van der Waals surface area (Å²) in [4.78, 5) is 11.4. The predicted octanol–water partition coefficient (Wildman–Crippen LogP) is 0.216. The summed E-state index contributed by atoms with van der Waals surface area (Å²) in [6, 6.07) is 0.164. The maximum absolute atomic E-state index is 11.4. The van der Waals surface area contributed by atoms with Crippen molar-refractivity contribution in [1.29, 1.82) is 0 Å². The predicted molar refractivity (Wildman–Crippen MR) is 55.7 cm³/mol. The second kappa shape index (κ2) is 3.78. The molecule has 0 radical (unpaired) electrons. The first-order chi connectivity index (χ1) is 6.68. The van der Waals surface area contributed by atoms with Gasteiger partial charge in [0, 0.05) is 24.4 Å². The summed E-state index contributed by atoms with van der Waals surface area (Å²) in [5.41, 5.74) is -0.116. The zero-order valence-corrected chi connectivity index (χ0v) is 9.10. The van der Waals surface area contributed by atoms with E-state index in [0.717, 1.165) is 18.2 Å². The fourth-order valence-corrected chi connectivity index (χ4v) is 2.53. The van der Waals surface area contributed by atoms with Crippen LogP contribution in [0.1, 0.15) is 19.9 Å². The minimum atomic E-state index is -0.116. The minimum Gasteiger partial charge on any atom is -0.314 e. The molecule has 6 heteroatoms. The van der Waals surface area contributed by atoms with Crippen LogP contribution in [0.25, 0.3) is 0 Å². The highest BCUT2D eigenvalue weighted by Gasteiger charge is 2.22. The number of aromatic amines is 1. The minimum absolute atomic E-state index is 0.116. The number of thioether (sulfide) groups is 1. The van der Waals surface area contributed by atoms with Crippen molar-refractivity contribution in [3.8, 4) is 0 Å². The molecule has 1 aromatic rings. The molecule has 1 saturated heterocycles. The quantitative estimate of drug-likeness (QED) is 0.755. The van der Waals surface area contributed by atoms with Gasteiger partial charge in [0.15, 0.2) is 5.16 Å². The molecule has 14 heavy (non-hydrogen) atoms. The number of aromatic nitrogens is 3. The van der Waals surface area contributed by atoms with E-state index < -0.39 is 0 Å². The third-order valence-corrected chi connectivity index (χ3v) is 3.37. The molecule has 0 aromatic carbocycles. The Labute approximate surface area is 86.3 Å². The van der Waals surface area contributed by atoms with Crippen LogP contribution in [0.5, 0.6) is 0 Å². The van der Waals surface area contributed by atoms with Crippen LogP contribution in [0.4, 0.5) is 0 Å². The normalized spacial score (nSPS) is 17.4. The van der Waals surface area contributed by atoms with Crippen LogP contribution in [-0.4, -0.2) is 33.1 Å². The van der Waals surface area contributed by atoms with E-state index in [4.69, 9.17) is 0 Å². The van der Waals surface area contributed by atoms with Gasteiger partial charge in [-0.1, -0.05) is 11.8 Å². The highest BCUT2D eigenvalue weighted by molar-refractivity contribution is 7.99. The topological polar surface area (TPSA) is 62.7 Å². The van der Waals surface area contributed by atoms with Crippen molar-refractivity contribution in [3.05, 3.63) is 10.5 Å². The van der Waals surface area contributed by atoms with Crippen molar-refractivity contribution < 1.29 is 0 Å². The lowest BCUT2D eigenvalue weighted by molar-refractivity contribution is 0.519. The van der Waals surface area contributed by atoms with Gasteiger partial charge in [0.25, 0.3) is 0 Å². The fraction of sp³-hybridized carbons (Fsp3) is 0.750. The van der Waals surface area contributed by atoms with Crippen LogP contribution in [0, 0.1) is 0 Å². The molecule has 1 aliphatic heterocycles. The molecular formula is C8H14N4OS. The van der Waals surface area contributed by atoms with Crippen LogP contribution in [0.2, 0.25) is 0 Å². The number of hydrogen-bond donors (Lipinski definition) is 2. The van der Waals surface area contributed by atoms with E-state index in [0.29, 0.717) is 5.25 Å². The molecule has 78 valence electrons. The van der Waals surface area contributed by atoms with Crippen LogP contribution in [-0.2, 0) is 0 Å². The summed E-state index contributed by atoms with van der Waals surface area (Å²) in [5.74, 6) is 0. The van der Waals surface area contributed by atoms with E-state index in [1.807, 2.05) is 13.8 Å². The Hall–Kier alpha value is -0.750. The average Bonchev–Trinajstić information content (AvgIpc) is 2.39. The van der Waals surface area contributed by atoms with Crippen molar-refractivity contribution >= 4 is 11.8 Å². The number of nitrogens with one attached hydrogen (secondary N) is 2. The number of rotatable bonds is 3. The Kier molecular flexibility index (Phi) is 2.64. The van der Waals surface area contributed by atoms with Crippen molar-refractivity contribution in [2.45, 2.75) is 30.3 Å². The molecular weight excluding hydrogens is 200 g/mol. The van der Waals surface area contributed by atoms with Gasteiger partial charge in [-0.3, -0.25) is 4.57 Å². The van der Waals surface area contributed by atoms with Gasteiger partial charge in [-0.25, -0.2) is 9.89 Å². The molecule has 0 spiro atoms. The molecule has 1 aromatic heterocycles. The molecule has 0 bridgehead atoms. The summed E-state index contributed by atoms with van der Waals surface area (Å²) in [6.45, 7) is 5.98. The van der Waals surface area contributed by atoms with E-state index in [1.54, 1.807) is 16.3 Å². The molecule has 0 aliphatic carbocycles. The van der Waals surface area contributed by atoms with E-state index in [2.05, 4.69) is 15.5 Å². The SMILES string of the molecule is CC(C)n1c(SC2CNC2)n[nH]c1=O. The molecule has 2 heterocycles. The van der Waals surface area contributed by atoms with Gasteiger partial charge in [-0.05, 0) is 13.8 Å². The van der Waals surface area contributed by atoms with Crippen LogP contribution >= 0.6 is 11.8 Å². The second-order valence-electron chi connectivity index (χ2n) is 3.67. The summed E-state index contributed by atoms with van der Waals surface area (Å²) in [5, 5.41) is 11.1. The third-order valence-electron chi connectivity index (χ3n) is 2.20. The molecule has 1 aliphatic rings. The van der Waals surface area contributed by atoms with Gasteiger partial charge >= 0.3 is 5.69 Å². The highest BCUT2D eigenvalue weighted by Crippen LogP contribution is 2.24. The Morgan fingerprint density at radius 2 is 2.29 bits per heavy atom. The highest BCUT2D eigenvalue weighted by atomic mass is 32.2. The van der Waals surface area contributed by atoms with E-state index in [1.165, 1.54) is 0 Å². The first kappa shape index (κ1) is 9.79. The Morgan fingerprint density at radius 1 is 1.57 bits per heavy atom. The van der Waals surface area contributed by atoms with E-state index in [-0.39, 0.29) is 11.7 Å². The first-order valence-electron chi connectivity index (χ1n) is 4.72. The van der Waals surface area contributed by atoms with Gasteiger partial charge in [0.2, 0.25) is 0 Å². The summed E-state index contributed by atoms with van der Waals surface area (Å²) in [7, 11) is 0. The van der Waals surface area contributed by atoms with E-state index in [9.17, 15) is 4.79 Å². The van der Waals surface area contributed by atoms with Crippen molar-refractivity contribution in [3.63, 3.8) is 0 Å². The van der Waals surface area contributed by atoms with Crippen molar-refractivity contribution in [1.82, 2.24) is 20.1 Å². The molecule has 1 fully saturated rings. The van der Waals surface area contributed by atoms with Crippen molar-refractivity contribution in [2.75, 3.05) is 13.1 Å². The molecule has 0 atom stereocenters. The molecule has 5 nitrogen and oxygen atoms in total. The Balaban J connectivity index is 2.19. The summed E-state index contributed by atoms with van der Waals surface area (Å²) >= 11 is 1.66. The van der Waals surface area contributed by atoms with Crippen molar-refractivity contribution in [2.24, 2.45) is 0 Å². The molecule has 0 saturated carbocycles. The molecule has 0 unspecified atom stereocenters. The van der Waals surface area contributed by atoms with Crippen LogP contribution < -0.4 is 11.0 Å². The summed E-state index contributed by atoms with van der Waals surface area (Å²) in [6.07, 6.45) is 0. The van der Waals surface area contributed by atoms with Gasteiger partial charge < -0.3 is 5.32 Å². The van der Waals surface area contributed by atoms with Crippen LogP contribution in [0.15, 0.2) is 9.95 Å². The van der Waals surface area contributed by atoms with Gasteiger partial charge in [-0.2, -0.15) is 0 Å². The monoisotopic (exact) mass is 214 g/mol. The summed E-state index contributed by atoms with van der Waals surface area (Å²) < 4.78 is 1.70. The average molecular weight is 214 g/mol. The van der Waals surface area contributed by atoms with Gasteiger partial charge in [0.1, 0.15) is 0 Å². The second-order valence-corrected chi connectivity index (χ2v) is 4.94. The molecule has 2 N–H and O–H groups in total. The maximum atomic E-state index is 11.4. The van der Waals surface area contributed by atoms with E-state index >= 15 is 0 Å². The maximum Gasteiger partial charge on any atom is 0.344 e. The molecule has 2 rings (SSSR count). The lowest BCUT2D eigenvalue weighted by atomic mass is 10.3. The zero-order chi connectivity index (χ0) is 10.1. The van der Waals surface area contributed by atoms with Gasteiger partial charge in [-0.15, -0.1) is 5.10 Å². The lowest BCUT2D eigenvalue weighted by Gasteiger charge is -2.25. The fourth-order valence-electron chi connectivity index (χ4n) is 1.32. The zero-order valence-electron chi connectivity index (χ0n) is 8.28. The standard InChI is InChI=1S/C8H14N4OS/c1-5(2)12-7(13)10-11-8(12)14-6-3-9-4-6/h5-6,9H,3-4H2,1-2H3,(H,10,13). The largest absolute Gasteiger partial charge is 0.344 e. The molecule has 0 amide bonds. The lowest BCUT2D eigenvalue weighted by Crippen LogP contribution is -2.44. The Morgan fingerprint density at radius 3 is 2.79 bits per heavy atom. The number of nitrogens with zero attached hydrogens (tertiary/aromatic N) is 2.